The zero-order chi connectivity index (χ0) is 11.3. The third-order valence-corrected chi connectivity index (χ3v) is 1.92. The molecule has 0 radical (unpaired) electrons. The predicted octanol–water partition coefficient (Wildman–Crippen LogP) is 1.31. The summed E-state index contributed by atoms with van der Waals surface area (Å²) >= 11 is 0. The van der Waals surface area contributed by atoms with Gasteiger partial charge in [-0.25, -0.2) is 0 Å². The highest BCUT2D eigenvalue weighted by molar-refractivity contribution is 5.79. The molecule has 15 heavy (non-hydrogen) atoms. The lowest BCUT2D eigenvalue weighted by Crippen LogP contribution is -2.03. The van der Waals surface area contributed by atoms with Crippen molar-refractivity contribution in [1.82, 2.24) is 0 Å². The van der Waals surface area contributed by atoms with Crippen LogP contribution in [0.1, 0.15) is 22.8 Å². The second-order valence-electron chi connectivity index (χ2n) is 3.10. The predicted molar refractivity (Wildman–Crippen MR) is 53.8 cm³/mol. The van der Waals surface area contributed by atoms with Crippen LogP contribution >= 0.6 is 0 Å². The topological polar surface area (TPSA) is 63.6 Å². The molecule has 0 aliphatic rings. The number of benzene rings is 1. The van der Waals surface area contributed by atoms with Crippen molar-refractivity contribution in [3.63, 3.8) is 0 Å². The lowest BCUT2D eigenvalue weighted by atomic mass is 10.1. The molecule has 0 atom stereocenters. The summed E-state index contributed by atoms with van der Waals surface area (Å²) in [5.41, 5.74) is 1.07. The first kappa shape index (κ1) is 11.2. The van der Waals surface area contributed by atoms with Crippen molar-refractivity contribution in [3.8, 4) is 5.75 Å². The summed E-state index contributed by atoms with van der Waals surface area (Å²) in [6, 6.07) is 4.74. The largest absolute Gasteiger partial charge is 0.507 e. The van der Waals surface area contributed by atoms with Crippen molar-refractivity contribution < 1.29 is 19.4 Å². The Kier molecular flexibility index (Phi) is 3.85. The lowest BCUT2D eigenvalue weighted by molar-refractivity contribution is -0.140. The lowest BCUT2D eigenvalue weighted by Gasteiger charge is -2.04. The van der Waals surface area contributed by atoms with Crippen LogP contribution in [0.5, 0.6) is 5.75 Å². The van der Waals surface area contributed by atoms with Crippen LogP contribution in [0.15, 0.2) is 18.2 Å². The fourth-order valence-electron chi connectivity index (χ4n) is 1.16. The molecule has 0 fully saturated rings. The second-order valence-corrected chi connectivity index (χ2v) is 3.10. The molecule has 0 bridgehead atoms. The fraction of sp³-hybridized carbons (Fsp3) is 0.273. The minimum Gasteiger partial charge on any atom is -0.507 e. The summed E-state index contributed by atoms with van der Waals surface area (Å²) in [7, 11) is 0. The summed E-state index contributed by atoms with van der Waals surface area (Å²) in [4.78, 5) is 20.9. The molecule has 1 rings (SSSR count). The molecule has 1 aromatic rings. The molecule has 0 aromatic heterocycles. The maximum absolute atomic E-state index is 10.5. The van der Waals surface area contributed by atoms with E-state index in [9.17, 15) is 14.7 Å². The first-order chi connectivity index (χ1) is 7.13. The van der Waals surface area contributed by atoms with Crippen molar-refractivity contribution >= 4 is 12.3 Å². The molecule has 0 saturated heterocycles. The van der Waals surface area contributed by atoms with E-state index in [4.69, 9.17) is 4.74 Å². The summed E-state index contributed by atoms with van der Waals surface area (Å²) < 4.78 is 4.75. The fourth-order valence-corrected chi connectivity index (χ4v) is 1.16. The van der Waals surface area contributed by atoms with Crippen molar-refractivity contribution in [2.75, 3.05) is 6.61 Å². The number of ether oxygens (including phenoxy) is 1. The number of phenolic OH excluding ortho intramolecular Hbond substituents is 1. The van der Waals surface area contributed by atoms with Crippen molar-refractivity contribution in [3.05, 3.63) is 29.3 Å². The molecule has 0 saturated carbocycles. The van der Waals surface area contributed by atoms with Crippen LogP contribution in [0.25, 0.3) is 0 Å². The SMILES string of the molecule is CC(=O)OCCc1ccc(C=O)c(O)c1. The zero-order valence-corrected chi connectivity index (χ0v) is 8.40. The summed E-state index contributed by atoms with van der Waals surface area (Å²) in [5, 5.41) is 9.36. The van der Waals surface area contributed by atoms with E-state index >= 15 is 0 Å². The Labute approximate surface area is 87.5 Å². The molecule has 4 heteroatoms. The molecule has 80 valence electrons. The Morgan fingerprint density at radius 1 is 1.53 bits per heavy atom. The van der Waals surface area contributed by atoms with E-state index < -0.39 is 0 Å². The number of carbonyl (C=O) groups is 2. The minimum absolute atomic E-state index is 0.0506. The van der Waals surface area contributed by atoms with Crippen LogP contribution < -0.4 is 0 Å². The molecule has 0 aliphatic heterocycles. The summed E-state index contributed by atoms with van der Waals surface area (Å²) in [6.45, 7) is 1.61. The zero-order valence-electron chi connectivity index (χ0n) is 8.40. The van der Waals surface area contributed by atoms with E-state index in [1.807, 2.05) is 0 Å². The van der Waals surface area contributed by atoms with Gasteiger partial charge in [-0.2, -0.15) is 0 Å². The molecular formula is C11H12O4. The van der Waals surface area contributed by atoms with Gasteiger partial charge in [-0.3, -0.25) is 9.59 Å². The number of rotatable bonds is 4. The van der Waals surface area contributed by atoms with Crippen LogP contribution in [0.2, 0.25) is 0 Å². The third-order valence-electron chi connectivity index (χ3n) is 1.92. The second kappa shape index (κ2) is 5.14. The van der Waals surface area contributed by atoms with Gasteiger partial charge < -0.3 is 9.84 Å². The van der Waals surface area contributed by atoms with E-state index in [2.05, 4.69) is 0 Å². The third kappa shape index (κ3) is 3.42. The van der Waals surface area contributed by atoms with E-state index in [0.29, 0.717) is 12.7 Å². The van der Waals surface area contributed by atoms with Gasteiger partial charge in [-0.05, 0) is 17.7 Å². The number of aldehydes is 1. The first-order valence-electron chi connectivity index (χ1n) is 4.54. The Balaban J connectivity index is 2.59. The smallest absolute Gasteiger partial charge is 0.302 e. The van der Waals surface area contributed by atoms with Gasteiger partial charge >= 0.3 is 5.97 Å². The van der Waals surface area contributed by atoms with Gasteiger partial charge in [0, 0.05) is 13.3 Å². The molecular weight excluding hydrogens is 196 g/mol. The molecule has 1 aromatic carbocycles. The normalized spacial score (nSPS) is 9.67. The number of carbonyl (C=O) groups excluding carboxylic acids is 2. The number of esters is 1. The van der Waals surface area contributed by atoms with E-state index in [0.717, 1.165) is 5.56 Å². The number of phenols is 1. The summed E-state index contributed by atoms with van der Waals surface area (Å²) in [6.07, 6.45) is 1.11. The molecule has 0 amide bonds. The molecule has 0 heterocycles. The van der Waals surface area contributed by atoms with Gasteiger partial charge in [0.05, 0.1) is 12.2 Å². The van der Waals surface area contributed by atoms with Gasteiger partial charge in [0.25, 0.3) is 0 Å². The van der Waals surface area contributed by atoms with E-state index in [1.165, 1.54) is 19.1 Å². The Morgan fingerprint density at radius 3 is 2.80 bits per heavy atom. The van der Waals surface area contributed by atoms with Crippen LogP contribution in [0.3, 0.4) is 0 Å². The summed E-state index contributed by atoms with van der Waals surface area (Å²) in [5.74, 6) is -0.381. The quantitative estimate of drug-likeness (QED) is 0.598. The van der Waals surface area contributed by atoms with E-state index in [-0.39, 0.29) is 23.9 Å². The highest BCUT2D eigenvalue weighted by atomic mass is 16.5. The van der Waals surface area contributed by atoms with Gasteiger partial charge in [-0.15, -0.1) is 0 Å². The van der Waals surface area contributed by atoms with Gasteiger partial charge in [0.15, 0.2) is 6.29 Å². The van der Waals surface area contributed by atoms with Gasteiger partial charge in [0.2, 0.25) is 0 Å². The van der Waals surface area contributed by atoms with Crippen LogP contribution in [0, 0.1) is 0 Å². The first-order valence-corrected chi connectivity index (χ1v) is 4.54. The average Bonchev–Trinajstić information content (AvgIpc) is 2.17. The number of aromatic hydroxyl groups is 1. The molecule has 1 N–H and O–H groups in total. The highest BCUT2D eigenvalue weighted by Gasteiger charge is 2.02. The Morgan fingerprint density at radius 2 is 2.27 bits per heavy atom. The molecule has 0 aliphatic carbocycles. The highest BCUT2D eigenvalue weighted by Crippen LogP contribution is 2.17. The van der Waals surface area contributed by atoms with Crippen molar-refractivity contribution in [2.45, 2.75) is 13.3 Å². The molecule has 0 spiro atoms. The average molecular weight is 208 g/mol. The number of hydrogen-bond donors (Lipinski definition) is 1. The van der Waals surface area contributed by atoms with Gasteiger partial charge in [-0.1, -0.05) is 6.07 Å². The minimum atomic E-state index is -0.330. The van der Waals surface area contributed by atoms with Crippen LogP contribution in [-0.2, 0) is 16.0 Å². The van der Waals surface area contributed by atoms with Crippen LogP contribution in [0.4, 0.5) is 0 Å². The Bertz CT molecular complexity index is 371. The standard InChI is InChI=1S/C11H12O4/c1-8(13)15-5-4-9-2-3-10(7-12)11(14)6-9/h2-3,6-7,14H,4-5H2,1H3. The van der Waals surface area contributed by atoms with Crippen molar-refractivity contribution in [1.29, 1.82) is 0 Å². The van der Waals surface area contributed by atoms with Crippen LogP contribution in [-0.4, -0.2) is 24.0 Å². The van der Waals surface area contributed by atoms with Crippen molar-refractivity contribution in [2.24, 2.45) is 0 Å². The molecule has 0 unspecified atom stereocenters. The Hall–Kier alpha value is -1.84. The maximum atomic E-state index is 10.5. The number of hydrogen-bond acceptors (Lipinski definition) is 4. The van der Waals surface area contributed by atoms with Gasteiger partial charge in [0.1, 0.15) is 5.75 Å². The van der Waals surface area contributed by atoms with E-state index in [1.54, 1.807) is 6.07 Å². The maximum Gasteiger partial charge on any atom is 0.302 e. The molecule has 4 nitrogen and oxygen atoms in total. The monoisotopic (exact) mass is 208 g/mol.